The highest BCUT2D eigenvalue weighted by molar-refractivity contribution is 7.89. The second-order valence-corrected chi connectivity index (χ2v) is 6.74. The topological polar surface area (TPSA) is 72.5 Å². The molecule has 0 saturated carbocycles. The average molecular weight is 313 g/mol. The van der Waals surface area contributed by atoms with Crippen LogP contribution in [0.1, 0.15) is 36.5 Å². The summed E-state index contributed by atoms with van der Waals surface area (Å²) in [7, 11) is -3.55. The van der Waals surface area contributed by atoms with Crippen LogP contribution in [-0.4, -0.2) is 27.5 Å². The van der Waals surface area contributed by atoms with Gasteiger partial charge in [-0.3, -0.25) is 4.79 Å². The van der Waals surface area contributed by atoms with Crippen molar-refractivity contribution >= 4 is 16.0 Å². The van der Waals surface area contributed by atoms with Crippen molar-refractivity contribution in [1.82, 2.24) is 4.72 Å². The lowest BCUT2D eigenvalue weighted by atomic mass is 10.1. The van der Waals surface area contributed by atoms with Gasteiger partial charge in [-0.25, -0.2) is 13.1 Å². The summed E-state index contributed by atoms with van der Waals surface area (Å²) < 4.78 is 32.0. The van der Waals surface area contributed by atoms with E-state index in [-0.39, 0.29) is 18.9 Å². The number of carbonyl (C=O) groups is 1. The Kier molecular flexibility index (Phi) is 6.36. The third-order valence-electron chi connectivity index (χ3n) is 3.03. The van der Waals surface area contributed by atoms with E-state index in [4.69, 9.17) is 4.74 Å². The fourth-order valence-corrected chi connectivity index (χ4v) is 3.86. The molecule has 21 heavy (non-hydrogen) atoms. The molecule has 1 aromatic carbocycles. The number of esters is 1. The van der Waals surface area contributed by atoms with Gasteiger partial charge in [-0.15, -0.1) is 0 Å². The first-order valence-electron chi connectivity index (χ1n) is 7.01. The molecule has 0 radical (unpaired) electrons. The predicted octanol–water partition coefficient (Wildman–Crippen LogP) is 2.23. The van der Waals surface area contributed by atoms with Crippen LogP contribution in [0.3, 0.4) is 0 Å². The van der Waals surface area contributed by atoms with E-state index in [2.05, 4.69) is 4.72 Å². The second kappa shape index (κ2) is 7.56. The smallest absolute Gasteiger partial charge is 0.305 e. The van der Waals surface area contributed by atoms with Gasteiger partial charge in [0.05, 0.1) is 11.5 Å². The summed E-state index contributed by atoms with van der Waals surface area (Å²) in [6.07, 6.45) is 0.629. The van der Waals surface area contributed by atoms with Gasteiger partial charge in [0.15, 0.2) is 0 Å². The molecule has 0 unspecified atom stereocenters. The lowest BCUT2D eigenvalue weighted by Crippen LogP contribution is -2.26. The highest BCUT2D eigenvalue weighted by Gasteiger charge is 2.19. The van der Waals surface area contributed by atoms with Crippen molar-refractivity contribution in [2.75, 3.05) is 13.2 Å². The molecule has 1 rings (SSSR count). The molecule has 1 aromatic rings. The number of carbonyl (C=O) groups excluding carboxylic acids is 1. The maximum Gasteiger partial charge on any atom is 0.305 e. The molecular formula is C15H23NO4S. The van der Waals surface area contributed by atoms with Crippen molar-refractivity contribution < 1.29 is 17.9 Å². The zero-order valence-electron chi connectivity index (χ0n) is 13.0. The minimum absolute atomic E-state index is 0.211. The van der Waals surface area contributed by atoms with E-state index in [1.807, 2.05) is 19.1 Å². The monoisotopic (exact) mass is 313 g/mol. The van der Waals surface area contributed by atoms with Gasteiger partial charge < -0.3 is 4.74 Å². The van der Waals surface area contributed by atoms with E-state index in [0.717, 1.165) is 16.7 Å². The first-order chi connectivity index (χ1) is 9.77. The molecule has 0 atom stereocenters. The lowest BCUT2D eigenvalue weighted by molar-refractivity contribution is -0.143. The van der Waals surface area contributed by atoms with E-state index in [1.165, 1.54) is 0 Å². The Hall–Kier alpha value is -1.40. The Morgan fingerprint density at radius 1 is 1.19 bits per heavy atom. The molecule has 0 bridgehead atoms. The van der Waals surface area contributed by atoms with Crippen LogP contribution in [-0.2, 0) is 19.6 Å². The van der Waals surface area contributed by atoms with Crippen LogP contribution in [0.25, 0.3) is 0 Å². The molecule has 0 aliphatic carbocycles. The second-order valence-electron chi connectivity index (χ2n) is 5.03. The van der Waals surface area contributed by atoms with Gasteiger partial charge in [0.1, 0.15) is 0 Å². The molecule has 6 heteroatoms. The lowest BCUT2D eigenvalue weighted by Gasteiger charge is -2.13. The third kappa shape index (κ3) is 5.13. The van der Waals surface area contributed by atoms with Crippen LogP contribution in [0, 0.1) is 20.8 Å². The molecule has 0 spiro atoms. The summed E-state index contributed by atoms with van der Waals surface area (Å²) in [6.45, 7) is 7.80. The number of hydrogen-bond donors (Lipinski definition) is 1. The number of nitrogens with one attached hydrogen (secondary N) is 1. The minimum Gasteiger partial charge on any atom is -0.466 e. The van der Waals surface area contributed by atoms with E-state index >= 15 is 0 Å². The Bertz CT molecular complexity index is 585. The summed E-state index contributed by atoms with van der Waals surface area (Å²) >= 11 is 0. The van der Waals surface area contributed by atoms with Gasteiger partial charge in [0.25, 0.3) is 0 Å². The number of rotatable bonds is 7. The van der Waals surface area contributed by atoms with Crippen LogP contribution in [0.4, 0.5) is 0 Å². The maximum atomic E-state index is 12.3. The van der Waals surface area contributed by atoms with E-state index in [1.54, 1.807) is 20.8 Å². The Morgan fingerprint density at radius 2 is 1.76 bits per heavy atom. The van der Waals surface area contributed by atoms with Crippen LogP contribution < -0.4 is 4.72 Å². The van der Waals surface area contributed by atoms with Crippen LogP contribution in [0.2, 0.25) is 0 Å². The SMILES string of the molecule is CCOC(=O)CCCNS(=O)(=O)c1c(C)cc(C)cc1C. The van der Waals surface area contributed by atoms with Gasteiger partial charge in [-0.05, 0) is 45.2 Å². The fourth-order valence-electron chi connectivity index (χ4n) is 2.34. The van der Waals surface area contributed by atoms with E-state index in [9.17, 15) is 13.2 Å². The molecule has 0 fully saturated rings. The van der Waals surface area contributed by atoms with Crippen LogP contribution in [0.15, 0.2) is 17.0 Å². The molecule has 0 aliphatic heterocycles. The normalized spacial score (nSPS) is 11.4. The van der Waals surface area contributed by atoms with Gasteiger partial charge >= 0.3 is 5.97 Å². The van der Waals surface area contributed by atoms with Crippen LogP contribution >= 0.6 is 0 Å². The number of benzene rings is 1. The third-order valence-corrected chi connectivity index (χ3v) is 4.79. The summed E-state index contributed by atoms with van der Waals surface area (Å²) in [5.74, 6) is -0.306. The van der Waals surface area contributed by atoms with E-state index in [0.29, 0.717) is 17.9 Å². The molecule has 0 heterocycles. The molecule has 5 nitrogen and oxygen atoms in total. The first kappa shape index (κ1) is 17.7. The molecular weight excluding hydrogens is 290 g/mol. The Balaban J connectivity index is 2.69. The molecule has 0 amide bonds. The van der Waals surface area contributed by atoms with Gasteiger partial charge in [-0.2, -0.15) is 0 Å². The summed E-state index contributed by atoms with van der Waals surface area (Å²) in [6, 6.07) is 3.69. The van der Waals surface area contributed by atoms with Crippen molar-refractivity contribution in [3.8, 4) is 0 Å². The van der Waals surface area contributed by atoms with Crippen LogP contribution in [0.5, 0.6) is 0 Å². The summed E-state index contributed by atoms with van der Waals surface area (Å²) in [5.41, 5.74) is 2.49. The molecule has 0 saturated heterocycles. The van der Waals surface area contributed by atoms with Gasteiger partial charge in [0, 0.05) is 13.0 Å². The molecule has 0 aromatic heterocycles. The average Bonchev–Trinajstić information content (AvgIpc) is 2.33. The molecule has 1 N–H and O–H groups in total. The predicted molar refractivity (Wildman–Crippen MR) is 81.7 cm³/mol. The Morgan fingerprint density at radius 3 is 2.29 bits per heavy atom. The first-order valence-corrected chi connectivity index (χ1v) is 8.49. The summed E-state index contributed by atoms with van der Waals surface area (Å²) in [4.78, 5) is 11.5. The van der Waals surface area contributed by atoms with Gasteiger partial charge in [0.2, 0.25) is 10.0 Å². The largest absolute Gasteiger partial charge is 0.466 e. The standard InChI is InChI=1S/C15H23NO4S/c1-5-20-14(17)7-6-8-16-21(18,19)15-12(3)9-11(2)10-13(15)4/h9-10,16H,5-8H2,1-4H3. The molecule has 0 aliphatic rings. The maximum absolute atomic E-state index is 12.3. The zero-order chi connectivity index (χ0) is 16.0. The highest BCUT2D eigenvalue weighted by Crippen LogP contribution is 2.21. The number of hydrogen-bond acceptors (Lipinski definition) is 4. The molecule has 118 valence electrons. The van der Waals surface area contributed by atoms with Crippen molar-refractivity contribution in [1.29, 1.82) is 0 Å². The number of sulfonamides is 1. The number of aryl methyl sites for hydroxylation is 3. The fraction of sp³-hybridized carbons (Fsp3) is 0.533. The van der Waals surface area contributed by atoms with Gasteiger partial charge in [-0.1, -0.05) is 17.7 Å². The number of ether oxygens (including phenoxy) is 1. The van der Waals surface area contributed by atoms with Crippen molar-refractivity contribution in [3.05, 3.63) is 28.8 Å². The van der Waals surface area contributed by atoms with Crippen molar-refractivity contribution in [3.63, 3.8) is 0 Å². The minimum atomic E-state index is -3.55. The quantitative estimate of drug-likeness (QED) is 0.619. The zero-order valence-corrected chi connectivity index (χ0v) is 13.8. The Labute approximate surface area is 126 Å². The van der Waals surface area contributed by atoms with Crippen molar-refractivity contribution in [2.45, 2.75) is 45.4 Å². The highest BCUT2D eigenvalue weighted by atomic mass is 32.2. The summed E-state index contributed by atoms with van der Waals surface area (Å²) in [5, 5.41) is 0. The van der Waals surface area contributed by atoms with Crippen molar-refractivity contribution in [2.24, 2.45) is 0 Å². The van der Waals surface area contributed by atoms with E-state index < -0.39 is 10.0 Å².